The van der Waals surface area contributed by atoms with Crippen molar-refractivity contribution in [3.05, 3.63) is 28.8 Å². The Hall–Kier alpha value is -1.10. The van der Waals surface area contributed by atoms with Gasteiger partial charge in [-0.25, -0.2) is 0 Å². The minimum Gasteiger partial charge on any atom is -0.492 e. The van der Waals surface area contributed by atoms with Crippen molar-refractivity contribution in [3.63, 3.8) is 0 Å². The minimum absolute atomic E-state index is 0.146. The number of hydrogen-bond acceptors (Lipinski definition) is 4. The molecule has 1 fully saturated rings. The Morgan fingerprint density at radius 3 is 2.79 bits per heavy atom. The van der Waals surface area contributed by atoms with Crippen LogP contribution in [0.15, 0.2) is 18.2 Å². The van der Waals surface area contributed by atoms with Crippen molar-refractivity contribution >= 4 is 17.9 Å². The summed E-state index contributed by atoms with van der Waals surface area (Å²) in [4.78, 5) is 12.9. The normalized spacial score (nSPS) is 17.4. The van der Waals surface area contributed by atoms with Crippen LogP contribution in [-0.4, -0.2) is 48.6 Å². The van der Waals surface area contributed by atoms with Crippen molar-refractivity contribution in [1.82, 2.24) is 4.90 Å². The minimum atomic E-state index is -0.146. The van der Waals surface area contributed by atoms with Crippen molar-refractivity contribution < 1.29 is 14.6 Å². The summed E-state index contributed by atoms with van der Waals surface area (Å²) in [6, 6.07) is 5.06. The first-order valence-electron chi connectivity index (χ1n) is 6.47. The van der Waals surface area contributed by atoms with Crippen LogP contribution in [0, 0.1) is 0 Å². The summed E-state index contributed by atoms with van der Waals surface area (Å²) in [5.74, 6) is 0.674. The quantitative estimate of drug-likeness (QED) is 0.840. The van der Waals surface area contributed by atoms with Gasteiger partial charge < -0.3 is 9.84 Å². The number of carbonyl (C=O) groups excluding carboxylic acids is 1. The van der Waals surface area contributed by atoms with Crippen molar-refractivity contribution in [2.45, 2.75) is 18.9 Å². The van der Waals surface area contributed by atoms with Gasteiger partial charge in [0.2, 0.25) is 0 Å². The molecule has 5 heteroatoms. The number of ether oxygens (including phenoxy) is 1. The number of aldehydes is 1. The third-order valence-corrected chi connectivity index (χ3v) is 3.66. The van der Waals surface area contributed by atoms with Crippen molar-refractivity contribution in [3.8, 4) is 5.75 Å². The molecule has 1 aromatic rings. The average Bonchev–Trinajstić information content (AvgIpc) is 2.41. The Bertz CT molecular complexity index is 431. The fraction of sp³-hybridized carbons (Fsp3) is 0.500. The lowest BCUT2D eigenvalue weighted by atomic mass is 10.1. The molecule has 104 valence electrons. The van der Waals surface area contributed by atoms with Crippen LogP contribution in [0.4, 0.5) is 0 Å². The molecule has 1 heterocycles. The maximum Gasteiger partial charge on any atom is 0.151 e. The first kappa shape index (κ1) is 14.3. The molecule has 1 aliphatic heterocycles. The number of carbonyl (C=O) groups is 1. The van der Waals surface area contributed by atoms with Crippen LogP contribution in [0.2, 0.25) is 5.02 Å². The van der Waals surface area contributed by atoms with E-state index in [1.807, 2.05) is 0 Å². The lowest BCUT2D eigenvalue weighted by molar-refractivity contribution is 0.0755. The summed E-state index contributed by atoms with van der Waals surface area (Å²) in [5.41, 5.74) is 0.471. The van der Waals surface area contributed by atoms with Crippen LogP contribution in [0.25, 0.3) is 0 Å². The number of rotatable bonds is 5. The van der Waals surface area contributed by atoms with Crippen LogP contribution in [0.3, 0.4) is 0 Å². The standard InChI is InChI=1S/C14H18ClNO3/c15-14-9-13(2-1-11(14)10-17)19-8-7-16-5-3-12(18)4-6-16/h1-2,9-10,12,18H,3-8H2. The van der Waals surface area contributed by atoms with Gasteiger partial charge >= 0.3 is 0 Å². The third-order valence-electron chi connectivity index (χ3n) is 3.33. The number of aliphatic hydroxyl groups excluding tert-OH is 1. The summed E-state index contributed by atoms with van der Waals surface area (Å²) in [6.45, 7) is 3.23. The molecule has 19 heavy (non-hydrogen) atoms. The molecular weight excluding hydrogens is 266 g/mol. The molecule has 1 aliphatic rings. The molecule has 0 radical (unpaired) electrons. The van der Waals surface area contributed by atoms with E-state index in [4.69, 9.17) is 16.3 Å². The Balaban J connectivity index is 1.76. The molecular formula is C14H18ClNO3. The predicted molar refractivity (Wildman–Crippen MR) is 74.0 cm³/mol. The van der Waals surface area contributed by atoms with Gasteiger partial charge in [0.25, 0.3) is 0 Å². The molecule has 0 bridgehead atoms. The number of benzene rings is 1. The van der Waals surface area contributed by atoms with Gasteiger partial charge in [-0.1, -0.05) is 11.6 Å². The van der Waals surface area contributed by atoms with E-state index in [1.165, 1.54) is 0 Å². The number of aliphatic hydroxyl groups is 1. The maximum absolute atomic E-state index is 10.6. The van der Waals surface area contributed by atoms with Crippen LogP contribution < -0.4 is 4.74 Å². The van der Waals surface area contributed by atoms with Gasteiger partial charge in [-0.3, -0.25) is 9.69 Å². The zero-order valence-electron chi connectivity index (χ0n) is 10.7. The molecule has 0 aliphatic carbocycles. The molecule has 0 saturated carbocycles. The SMILES string of the molecule is O=Cc1ccc(OCCN2CCC(O)CC2)cc1Cl. The topological polar surface area (TPSA) is 49.8 Å². The van der Waals surface area contributed by atoms with Gasteiger partial charge in [0.1, 0.15) is 12.4 Å². The summed E-state index contributed by atoms with van der Waals surface area (Å²) in [7, 11) is 0. The van der Waals surface area contributed by atoms with Gasteiger partial charge in [0.05, 0.1) is 11.1 Å². The summed E-state index contributed by atoms with van der Waals surface area (Å²) >= 11 is 5.92. The first-order chi connectivity index (χ1) is 9.19. The van der Waals surface area contributed by atoms with E-state index in [0.29, 0.717) is 22.9 Å². The second kappa shape index (κ2) is 6.89. The molecule has 1 saturated heterocycles. The van der Waals surface area contributed by atoms with Crippen LogP contribution >= 0.6 is 11.6 Å². The summed E-state index contributed by atoms with van der Waals surface area (Å²) in [6.07, 6.45) is 2.25. The van der Waals surface area contributed by atoms with E-state index in [0.717, 1.165) is 38.8 Å². The summed E-state index contributed by atoms with van der Waals surface area (Å²) in [5, 5.41) is 9.82. The van der Waals surface area contributed by atoms with Gasteiger partial charge in [0.15, 0.2) is 6.29 Å². The average molecular weight is 284 g/mol. The molecule has 1 aromatic carbocycles. The van der Waals surface area contributed by atoms with Gasteiger partial charge in [-0.05, 0) is 31.0 Å². The molecule has 1 N–H and O–H groups in total. The zero-order valence-corrected chi connectivity index (χ0v) is 11.5. The maximum atomic E-state index is 10.6. The monoisotopic (exact) mass is 283 g/mol. The number of likely N-dealkylation sites (tertiary alicyclic amines) is 1. The molecule has 0 aromatic heterocycles. The second-order valence-corrected chi connectivity index (χ2v) is 5.13. The van der Waals surface area contributed by atoms with Crippen molar-refractivity contribution in [2.75, 3.05) is 26.2 Å². The third kappa shape index (κ3) is 4.20. The van der Waals surface area contributed by atoms with Crippen LogP contribution in [0.1, 0.15) is 23.2 Å². The predicted octanol–water partition coefficient (Wildman–Crippen LogP) is 1.99. The van der Waals surface area contributed by atoms with E-state index in [2.05, 4.69) is 4.90 Å². The molecule has 4 nitrogen and oxygen atoms in total. The smallest absolute Gasteiger partial charge is 0.151 e. The van der Waals surface area contributed by atoms with Gasteiger partial charge in [0, 0.05) is 25.2 Å². The second-order valence-electron chi connectivity index (χ2n) is 4.72. The highest BCUT2D eigenvalue weighted by Gasteiger charge is 2.16. The molecule has 0 amide bonds. The molecule has 0 atom stereocenters. The van der Waals surface area contributed by atoms with E-state index >= 15 is 0 Å². The lowest BCUT2D eigenvalue weighted by Gasteiger charge is -2.29. The van der Waals surface area contributed by atoms with Crippen LogP contribution in [-0.2, 0) is 0 Å². The number of nitrogens with zero attached hydrogens (tertiary/aromatic N) is 1. The van der Waals surface area contributed by atoms with Crippen molar-refractivity contribution in [2.24, 2.45) is 0 Å². The number of halogens is 1. The molecule has 2 rings (SSSR count). The summed E-state index contributed by atoms with van der Waals surface area (Å²) < 4.78 is 5.61. The lowest BCUT2D eigenvalue weighted by Crippen LogP contribution is -2.38. The van der Waals surface area contributed by atoms with E-state index < -0.39 is 0 Å². The van der Waals surface area contributed by atoms with Crippen molar-refractivity contribution in [1.29, 1.82) is 0 Å². The zero-order chi connectivity index (χ0) is 13.7. The molecule has 0 unspecified atom stereocenters. The fourth-order valence-corrected chi connectivity index (χ4v) is 2.34. The highest BCUT2D eigenvalue weighted by Crippen LogP contribution is 2.21. The Morgan fingerprint density at radius 1 is 1.42 bits per heavy atom. The van der Waals surface area contributed by atoms with Gasteiger partial charge in [-0.15, -0.1) is 0 Å². The highest BCUT2D eigenvalue weighted by molar-refractivity contribution is 6.33. The Morgan fingerprint density at radius 2 is 2.16 bits per heavy atom. The van der Waals surface area contributed by atoms with Crippen LogP contribution in [0.5, 0.6) is 5.75 Å². The van der Waals surface area contributed by atoms with E-state index in [1.54, 1.807) is 18.2 Å². The van der Waals surface area contributed by atoms with E-state index in [-0.39, 0.29) is 6.10 Å². The van der Waals surface area contributed by atoms with Gasteiger partial charge in [-0.2, -0.15) is 0 Å². The highest BCUT2D eigenvalue weighted by atomic mass is 35.5. The largest absolute Gasteiger partial charge is 0.492 e. The number of piperidine rings is 1. The molecule has 0 spiro atoms. The number of hydrogen-bond donors (Lipinski definition) is 1. The fourth-order valence-electron chi connectivity index (χ4n) is 2.13. The first-order valence-corrected chi connectivity index (χ1v) is 6.85. The van der Waals surface area contributed by atoms with E-state index in [9.17, 15) is 9.90 Å². The Labute approximate surface area is 117 Å². The Kier molecular flexibility index (Phi) is 5.19.